The fourth-order valence-corrected chi connectivity index (χ4v) is 10.1. The summed E-state index contributed by atoms with van der Waals surface area (Å²) >= 11 is 0. The van der Waals surface area contributed by atoms with Crippen molar-refractivity contribution >= 4 is 23.9 Å². The van der Waals surface area contributed by atoms with Crippen LogP contribution in [-0.4, -0.2) is 173 Å². The second-order valence-electron chi connectivity index (χ2n) is 19.8. The number of hydrogen-bond acceptors (Lipinski definition) is 16. The number of methoxy groups -OCH3 is 3. The number of esters is 1. The number of rotatable bonds is 20. The third-order valence-corrected chi connectivity index (χ3v) is 14.3. The topological polar surface area (TPSA) is 183 Å². The molecular weight excluding hydrogens is 937 g/mol. The maximum absolute atomic E-state index is 14.3. The molecule has 17 atom stereocenters. The number of benzene rings is 1. The molecule has 4 heterocycles. The highest BCUT2D eigenvalue weighted by molar-refractivity contribution is 5.91. The van der Waals surface area contributed by atoms with Crippen LogP contribution in [0.3, 0.4) is 0 Å². The number of aliphatic hydroxyl groups is 2. The van der Waals surface area contributed by atoms with Gasteiger partial charge in [-0.2, -0.15) is 0 Å². The molecule has 2 fully saturated rings. The second kappa shape index (κ2) is 30.5. The van der Waals surface area contributed by atoms with Gasteiger partial charge in [-0.3, -0.25) is 14.6 Å². The van der Waals surface area contributed by atoms with Gasteiger partial charge in [0.2, 0.25) is 0 Å². The van der Waals surface area contributed by atoms with Gasteiger partial charge in [-0.15, -0.1) is 0 Å². The lowest BCUT2D eigenvalue weighted by atomic mass is 9.79. The SMILES string of the molecule is CC[C@H]1OC(=O)C[C@@H](OC)[C@H](C)[C@@H](OC2O[C@H](C)[C@@H](OC/C=C/c3cccnc3)[C@H](N(C)C)[C@H]2O)[C@@H](CCOC/C=C/c2ccccc2)C[C@@H](C)C(=O)/C=C/C(C)=C/[C@@H]1CO[C@@H]1O[C@H](C)[C@@H](O)[C@@H](OC)[C@H]1OC. The summed E-state index contributed by atoms with van der Waals surface area (Å²) in [6, 6.07) is 13.3. The van der Waals surface area contributed by atoms with Crippen molar-refractivity contribution in [2.24, 2.45) is 23.7 Å². The summed E-state index contributed by atoms with van der Waals surface area (Å²) in [6.45, 7) is 12.4. The number of ether oxygens (including phenoxy) is 10. The zero-order valence-electron chi connectivity index (χ0n) is 44.9. The van der Waals surface area contributed by atoms with Crippen LogP contribution >= 0.6 is 0 Å². The monoisotopic (exact) mass is 1020 g/mol. The number of pyridine rings is 1. The Labute approximate surface area is 434 Å². The first kappa shape index (κ1) is 59.9. The van der Waals surface area contributed by atoms with Gasteiger partial charge in [0, 0.05) is 58.1 Å². The van der Waals surface area contributed by atoms with E-state index in [9.17, 15) is 19.8 Å². The molecule has 73 heavy (non-hydrogen) atoms. The fourth-order valence-electron chi connectivity index (χ4n) is 10.1. The molecule has 16 nitrogen and oxygen atoms in total. The van der Waals surface area contributed by atoms with Crippen molar-refractivity contribution in [1.29, 1.82) is 0 Å². The van der Waals surface area contributed by atoms with E-state index in [0.717, 1.165) is 16.7 Å². The zero-order valence-corrected chi connectivity index (χ0v) is 44.9. The van der Waals surface area contributed by atoms with E-state index in [0.29, 0.717) is 32.5 Å². The van der Waals surface area contributed by atoms with Crippen LogP contribution in [0, 0.1) is 23.7 Å². The van der Waals surface area contributed by atoms with E-state index in [4.69, 9.17) is 47.4 Å². The maximum Gasteiger partial charge on any atom is 0.308 e. The number of allylic oxidation sites excluding steroid dienone is 3. The normalized spacial score (nSPS) is 35.5. The number of carbonyl (C=O) groups excluding carboxylic acids is 2. The summed E-state index contributed by atoms with van der Waals surface area (Å²) in [5.41, 5.74) is 2.76. The number of ketones is 1. The van der Waals surface area contributed by atoms with E-state index in [1.165, 1.54) is 14.2 Å². The van der Waals surface area contributed by atoms with Gasteiger partial charge in [-0.25, -0.2) is 0 Å². The highest BCUT2D eigenvalue weighted by Gasteiger charge is 2.49. The van der Waals surface area contributed by atoms with Crippen molar-refractivity contribution in [3.63, 3.8) is 0 Å². The summed E-state index contributed by atoms with van der Waals surface area (Å²) < 4.78 is 62.5. The van der Waals surface area contributed by atoms with Crippen LogP contribution in [0.25, 0.3) is 12.2 Å². The third-order valence-electron chi connectivity index (χ3n) is 14.3. The number of likely N-dealkylation sites (N-methyl/N-ethyl adjacent to an activating group) is 1. The molecule has 406 valence electrons. The molecular formula is C57H84N2O14. The Morgan fingerprint density at radius 2 is 1.49 bits per heavy atom. The number of cyclic esters (lactones) is 1. The number of nitrogens with zero attached hydrogens (tertiary/aromatic N) is 2. The molecule has 2 saturated heterocycles. The van der Waals surface area contributed by atoms with Crippen molar-refractivity contribution in [3.8, 4) is 0 Å². The van der Waals surface area contributed by atoms with Crippen LogP contribution in [0.2, 0.25) is 0 Å². The molecule has 2 aromatic rings. The molecule has 0 saturated carbocycles. The highest BCUT2D eigenvalue weighted by Crippen LogP contribution is 2.36. The van der Waals surface area contributed by atoms with E-state index < -0.39 is 103 Å². The predicted octanol–water partition coefficient (Wildman–Crippen LogP) is 6.88. The first-order valence-corrected chi connectivity index (χ1v) is 25.9. The first-order valence-electron chi connectivity index (χ1n) is 25.9. The lowest BCUT2D eigenvalue weighted by molar-refractivity contribution is -0.308. The van der Waals surface area contributed by atoms with Crippen LogP contribution in [0.4, 0.5) is 0 Å². The first-order chi connectivity index (χ1) is 35.1. The van der Waals surface area contributed by atoms with Gasteiger partial charge >= 0.3 is 5.97 Å². The van der Waals surface area contributed by atoms with Crippen molar-refractivity contribution in [2.45, 2.75) is 147 Å². The minimum atomic E-state index is -1.16. The summed E-state index contributed by atoms with van der Waals surface area (Å²) in [5, 5.41) is 23.0. The maximum atomic E-state index is 14.3. The number of aromatic nitrogens is 1. The molecule has 0 spiro atoms. The Hall–Kier alpha value is -4.01. The van der Waals surface area contributed by atoms with Crippen molar-refractivity contribution in [1.82, 2.24) is 9.88 Å². The minimum Gasteiger partial charge on any atom is -0.462 e. The highest BCUT2D eigenvalue weighted by atomic mass is 16.7. The number of hydrogen-bond donors (Lipinski definition) is 2. The van der Waals surface area contributed by atoms with E-state index in [1.54, 1.807) is 38.6 Å². The van der Waals surface area contributed by atoms with Crippen molar-refractivity contribution < 1.29 is 67.2 Å². The molecule has 3 aliphatic rings. The van der Waals surface area contributed by atoms with Crippen molar-refractivity contribution in [3.05, 3.63) is 102 Å². The van der Waals surface area contributed by atoms with Gasteiger partial charge < -0.3 is 62.5 Å². The molecule has 2 N–H and O–H groups in total. The largest absolute Gasteiger partial charge is 0.462 e. The Kier molecular flexibility index (Phi) is 25.0. The third kappa shape index (κ3) is 17.5. The van der Waals surface area contributed by atoms with E-state index >= 15 is 0 Å². The molecule has 0 radical (unpaired) electrons. The van der Waals surface area contributed by atoms with Crippen LogP contribution in [0.1, 0.15) is 78.4 Å². The van der Waals surface area contributed by atoms with E-state index in [2.05, 4.69) is 4.98 Å². The fraction of sp³-hybridized carbons (Fsp3) is 0.632. The van der Waals surface area contributed by atoms with Gasteiger partial charge in [0.1, 0.15) is 36.6 Å². The van der Waals surface area contributed by atoms with Crippen molar-refractivity contribution in [2.75, 3.05) is 61.9 Å². The smallest absolute Gasteiger partial charge is 0.308 e. The van der Waals surface area contributed by atoms with Gasteiger partial charge in [-0.05, 0) is 83.3 Å². The van der Waals surface area contributed by atoms with Gasteiger partial charge in [0.05, 0.1) is 56.7 Å². The Morgan fingerprint density at radius 3 is 2.16 bits per heavy atom. The molecule has 0 amide bonds. The minimum absolute atomic E-state index is 0.0565. The Balaban J connectivity index is 1.44. The molecule has 0 aliphatic carbocycles. The molecule has 16 heteroatoms. The van der Waals surface area contributed by atoms with Crippen LogP contribution < -0.4 is 0 Å². The number of carbonyl (C=O) groups is 2. The van der Waals surface area contributed by atoms with E-state index in [1.807, 2.05) is 126 Å². The number of aliphatic hydroxyl groups excluding tert-OH is 2. The second-order valence-corrected chi connectivity index (χ2v) is 19.8. The van der Waals surface area contributed by atoms with E-state index in [-0.39, 0.29) is 31.3 Å². The molecule has 3 aliphatic heterocycles. The average molecular weight is 1020 g/mol. The quantitative estimate of drug-likeness (QED) is 0.103. The predicted molar refractivity (Wildman–Crippen MR) is 278 cm³/mol. The average Bonchev–Trinajstić information content (AvgIpc) is 3.38. The molecule has 0 bridgehead atoms. The lowest BCUT2D eigenvalue weighted by Crippen LogP contribution is -2.64. The van der Waals surface area contributed by atoms with Crippen LogP contribution in [0.5, 0.6) is 0 Å². The molecule has 1 unspecified atom stereocenters. The molecule has 1 aromatic heterocycles. The summed E-state index contributed by atoms with van der Waals surface area (Å²) in [7, 11) is 8.33. The van der Waals surface area contributed by atoms with Gasteiger partial charge in [0.25, 0.3) is 0 Å². The van der Waals surface area contributed by atoms with Crippen LogP contribution in [-0.2, 0) is 57.0 Å². The molecule has 1 aromatic carbocycles. The summed E-state index contributed by atoms with van der Waals surface area (Å²) in [6.07, 6.45) is 8.53. The summed E-state index contributed by atoms with van der Waals surface area (Å²) in [4.78, 5) is 34.5. The lowest BCUT2D eigenvalue weighted by Gasteiger charge is -2.48. The zero-order chi connectivity index (χ0) is 53.0. The Morgan fingerprint density at radius 1 is 0.795 bits per heavy atom. The summed E-state index contributed by atoms with van der Waals surface area (Å²) in [5.74, 6) is -2.34. The van der Waals surface area contributed by atoms with Gasteiger partial charge in [-0.1, -0.05) is 99.2 Å². The standard InChI is InChI=1S/C57H84N2O14/c1-12-46-44(35-69-57-55(66-11)54(65-10)50(62)39(5)70-57)31-36(2)24-25-45(60)37(3)32-43(26-30-67-28-17-22-41-19-14-13-15-20-41)52(38(4)47(64-9)33-48(61)72-46)73-56-51(63)49(59(7)8)53(40(6)71-56)68-29-18-23-42-21-16-27-58-34-42/h13-25,27,31,34,37-40,43-44,46-47,49-57,62-63H,12,26,28-30,32-33,35H2,1-11H3/b22-17+,23-18+,25-24+,36-31+/t37-,38+,39-,40-,43+,44-,46-,47-,49-,50-,51-,52-,53-,54-,55-,56?,57-/m1/s1. The van der Waals surface area contributed by atoms with Crippen LogP contribution in [0.15, 0.2) is 90.8 Å². The molecule has 5 rings (SSSR count). The van der Waals surface area contributed by atoms with Gasteiger partial charge in [0.15, 0.2) is 18.4 Å². The Bertz CT molecular complexity index is 2050.